The van der Waals surface area contributed by atoms with Crippen molar-refractivity contribution >= 4 is 55.0 Å². The first-order valence-electron chi connectivity index (χ1n) is 13.8. The average molecular weight is 618 g/mol. The van der Waals surface area contributed by atoms with Gasteiger partial charge in [-0.25, -0.2) is 14.6 Å². The number of nitrogens with zero attached hydrogens (tertiary/aromatic N) is 3. The molecule has 0 unspecified atom stereocenters. The van der Waals surface area contributed by atoms with Gasteiger partial charge in [0.1, 0.15) is 18.9 Å². The molecule has 0 saturated carbocycles. The number of hydrogen-bond acceptors (Lipinski definition) is 9. The van der Waals surface area contributed by atoms with Gasteiger partial charge in [0.15, 0.2) is 12.7 Å². The number of ether oxygens (including phenoxy) is 2. The van der Waals surface area contributed by atoms with E-state index >= 15 is 0 Å². The maximum Gasteiger partial charge on any atom is 0.410 e. The zero-order valence-electron chi connectivity index (χ0n) is 24.5. The van der Waals surface area contributed by atoms with Crippen LogP contribution in [-0.4, -0.2) is 79.0 Å². The summed E-state index contributed by atoms with van der Waals surface area (Å²) in [7, 11) is -1.88. The summed E-state index contributed by atoms with van der Waals surface area (Å²) >= 11 is 2.86. The van der Waals surface area contributed by atoms with Gasteiger partial charge < -0.3 is 23.7 Å². The maximum absolute atomic E-state index is 13.4. The predicted octanol–water partition coefficient (Wildman–Crippen LogP) is 5.69. The Morgan fingerprint density at radius 1 is 1.22 bits per heavy atom. The Bertz CT molecular complexity index is 1290. The Labute approximate surface area is 251 Å². The first kappa shape index (κ1) is 31.3. The fraction of sp³-hybridized carbons (Fsp3) is 0.517. The molecule has 3 aliphatic rings. The summed E-state index contributed by atoms with van der Waals surface area (Å²) in [4.78, 5) is 48.1. The summed E-state index contributed by atoms with van der Waals surface area (Å²) in [6, 6.07) is -0.167. The molecule has 1 aromatic heterocycles. The third-order valence-electron chi connectivity index (χ3n) is 7.31. The third kappa shape index (κ3) is 6.55. The van der Waals surface area contributed by atoms with E-state index in [-0.39, 0.29) is 60.9 Å². The second-order valence-electron chi connectivity index (χ2n) is 11.5. The molecule has 12 heteroatoms. The minimum Gasteiger partial charge on any atom is -0.457 e. The Balaban J connectivity index is 1.57. The van der Waals surface area contributed by atoms with Gasteiger partial charge in [0, 0.05) is 22.2 Å². The molecular formula is C29H39N3O6S2Si. The lowest BCUT2D eigenvalue weighted by molar-refractivity contribution is -0.163. The number of amides is 2. The minimum absolute atomic E-state index is 0.0134. The lowest BCUT2D eigenvalue weighted by atomic mass is 9.79. The van der Waals surface area contributed by atoms with Crippen molar-refractivity contribution in [2.45, 2.75) is 69.4 Å². The standard InChI is InChI=1S/C29H39N3O6S2Si/c1-9-13-36-27(34)24-25(18(4)23-22(26(33)32(23)24)19(5)38-41(6,7)8)40-28-30-21(16-39-28)20-12-11-17(3)31(15-20)29(35)37-14-10-2/h9-10,12,16-19,22-23H,1-2,11,13-15H2,3-8H3/t17-,18+,19+,22+,23+/m0/s1. The van der Waals surface area contributed by atoms with Crippen molar-refractivity contribution in [1.29, 1.82) is 0 Å². The van der Waals surface area contributed by atoms with Crippen LogP contribution in [0.4, 0.5) is 4.79 Å². The van der Waals surface area contributed by atoms with E-state index in [1.165, 1.54) is 29.2 Å². The van der Waals surface area contributed by atoms with Crippen molar-refractivity contribution in [3.63, 3.8) is 0 Å². The summed E-state index contributed by atoms with van der Waals surface area (Å²) in [5, 5.41) is 1.96. The van der Waals surface area contributed by atoms with Crippen molar-refractivity contribution in [3.05, 3.63) is 53.1 Å². The van der Waals surface area contributed by atoms with Gasteiger partial charge in [-0.3, -0.25) is 4.79 Å². The smallest absolute Gasteiger partial charge is 0.410 e. The number of hydrogen-bond donors (Lipinski definition) is 0. The van der Waals surface area contributed by atoms with Crippen LogP contribution in [0.5, 0.6) is 0 Å². The summed E-state index contributed by atoms with van der Waals surface area (Å²) in [5.41, 5.74) is 2.01. The predicted molar refractivity (Wildman–Crippen MR) is 164 cm³/mol. The Morgan fingerprint density at radius 3 is 2.56 bits per heavy atom. The minimum atomic E-state index is -1.88. The fourth-order valence-corrected chi connectivity index (χ4v) is 8.87. The zero-order chi connectivity index (χ0) is 30.1. The molecule has 41 heavy (non-hydrogen) atoms. The van der Waals surface area contributed by atoms with E-state index < -0.39 is 14.3 Å². The molecule has 9 nitrogen and oxygen atoms in total. The number of aromatic nitrogens is 1. The number of esters is 1. The molecule has 1 aromatic rings. The third-order valence-corrected chi connectivity index (χ3v) is 10.6. The van der Waals surface area contributed by atoms with Crippen LogP contribution in [0.15, 0.2) is 51.7 Å². The second-order valence-corrected chi connectivity index (χ2v) is 18.1. The second kappa shape index (κ2) is 12.7. The zero-order valence-corrected chi connectivity index (χ0v) is 27.2. The van der Waals surface area contributed by atoms with Gasteiger partial charge in [-0.2, -0.15) is 0 Å². The van der Waals surface area contributed by atoms with Crippen molar-refractivity contribution < 1.29 is 28.3 Å². The molecule has 5 atom stereocenters. The summed E-state index contributed by atoms with van der Waals surface area (Å²) < 4.78 is 17.7. The highest BCUT2D eigenvalue weighted by Crippen LogP contribution is 2.53. The molecule has 0 N–H and O–H groups in total. The maximum atomic E-state index is 13.4. The van der Waals surface area contributed by atoms with Crippen LogP contribution < -0.4 is 0 Å². The molecule has 0 bridgehead atoms. The number of carbonyl (C=O) groups is 3. The Kier molecular flexibility index (Phi) is 9.67. The highest BCUT2D eigenvalue weighted by Gasteiger charge is 2.61. The molecule has 0 spiro atoms. The molecule has 222 valence electrons. The number of fused-ring (bicyclic) bond motifs is 1. The molecule has 4 rings (SSSR count). The van der Waals surface area contributed by atoms with Crippen LogP contribution in [0.25, 0.3) is 5.57 Å². The van der Waals surface area contributed by atoms with E-state index in [9.17, 15) is 14.4 Å². The van der Waals surface area contributed by atoms with Crippen molar-refractivity contribution in [2.75, 3.05) is 19.8 Å². The summed E-state index contributed by atoms with van der Waals surface area (Å²) in [5.74, 6) is -1.08. The van der Waals surface area contributed by atoms with Crippen LogP contribution in [0.3, 0.4) is 0 Å². The van der Waals surface area contributed by atoms with Crippen molar-refractivity contribution in [2.24, 2.45) is 11.8 Å². The van der Waals surface area contributed by atoms with Crippen molar-refractivity contribution in [1.82, 2.24) is 14.8 Å². The van der Waals surface area contributed by atoms with Crippen LogP contribution >= 0.6 is 23.1 Å². The van der Waals surface area contributed by atoms with Gasteiger partial charge >= 0.3 is 12.1 Å². The first-order valence-corrected chi connectivity index (χ1v) is 18.9. The lowest BCUT2D eigenvalue weighted by Crippen LogP contribution is -2.64. The van der Waals surface area contributed by atoms with E-state index in [0.717, 1.165) is 20.5 Å². The first-order chi connectivity index (χ1) is 19.4. The number of β-lactam (4-membered cyclic amide) rings is 1. The normalized spacial score (nSPS) is 24.8. The van der Waals surface area contributed by atoms with Gasteiger partial charge in [0.2, 0.25) is 5.91 Å². The molecule has 0 radical (unpaired) electrons. The largest absolute Gasteiger partial charge is 0.457 e. The van der Waals surface area contributed by atoms with Crippen LogP contribution in [0, 0.1) is 11.8 Å². The summed E-state index contributed by atoms with van der Waals surface area (Å²) in [6.07, 6.45) is 5.23. The fourth-order valence-electron chi connectivity index (χ4n) is 5.50. The van der Waals surface area contributed by atoms with E-state index in [0.29, 0.717) is 13.0 Å². The highest BCUT2D eigenvalue weighted by molar-refractivity contribution is 8.04. The van der Waals surface area contributed by atoms with Gasteiger partial charge in [0.25, 0.3) is 0 Å². The number of thioether (sulfide) groups is 1. The molecular weight excluding hydrogens is 579 g/mol. The van der Waals surface area contributed by atoms with Crippen LogP contribution in [0.2, 0.25) is 19.6 Å². The van der Waals surface area contributed by atoms with Gasteiger partial charge in [0.05, 0.1) is 30.3 Å². The monoisotopic (exact) mass is 617 g/mol. The molecule has 0 aromatic carbocycles. The van der Waals surface area contributed by atoms with E-state index in [2.05, 4.69) is 38.9 Å². The number of thiazole rings is 1. The van der Waals surface area contributed by atoms with Gasteiger partial charge in [-0.15, -0.1) is 11.3 Å². The van der Waals surface area contributed by atoms with Gasteiger partial charge in [-0.1, -0.05) is 50.1 Å². The molecule has 4 heterocycles. The molecule has 1 saturated heterocycles. The van der Waals surface area contributed by atoms with Crippen molar-refractivity contribution in [3.8, 4) is 0 Å². The van der Waals surface area contributed by atoms with Crippen LogP contribution in [0.1, 0.15) is 32.9 Å². The lowest BCUT2D eigenvalue weighted by Gasteiger charge is -2.48. The summed E-state index contributed by atoms with van der Waals surface area (Å²) in [6.45, 7) is 20.1. The van der Waals surface area contributed by atoms with E-state index in [4.69, 9.17) is 18.9 Å². The SMILES string of the molecule is C=CCOC(=O)C1=C(Sc2nc(C3=CC[C@H](C)N(C(=O)OCC=C)C3)cs2)[C@H](C)[C@@H]2[C@@H]([C@@H](C)O[Si](C)(C)C)C(=O)N12. The quantitative estimate of drug-likeness (QED) is 0.135. The number of carbonyl (C=O) groups excluding carboxylic acids is 3. The Hall–Kier alpha value is -2.67. The van der Waals surface area contributed by atoms with E-state index in [1.54, 1.807) is 15.9 Å². The molecule has 0 aliphatic carbocycles. The molecule has 1 fully saturated rings. The van der Waals surface area contributed by atoms with E-state index in [1.807, 2.05) is 26.2 Å². The van der Waals surface area contributed by atoms with Crippen LogP contribution in [-0.2, 0) is 23.5 Å². The molecule has 2 amide bonds. The molecule has 3 aliphatic heterocycles. The topological polar surface area (TPSA) is 98.3 Å². The Morgan fingerprint density at radius 2 is 1.90 bits per heavy atom. The van der Waals surface area contributed by atoms with Gasteiger partial charge in [-0.05, 0) is 45.5 Å². The highest BCUT2D eigenvalue weighted by atomic mass is 32.2. The number of rotatable bonds is 11. The average Bonchev–Trinajstić information content (AvgIpc) is 3.46.